The van der Waals surface area contributed by atoms with Crippen LogP contribution in [-0.4, -0.2) is 38.7 Å². The zero-order valence-electron chi connectivity index (χ0n) is 15.5. The van der Waals surface area contributed by atoms with Crippen molar-refractivity contribution in [2.45, 2.75) is 20.4 Å². The van der Waals surface area contributed by atoms with Gasteiger partial charge in [0.2, 0.25) is 0 Å². The molecule has 2 aromatic carbocycles. The minimum absolute atomic E-state index is 0.0907. The third-order valence-electron chi connectivity index (χ3n) is 3.72. The van der Waals surface area contributed by atoms with E-state index in [2.05, 4.69) is 20.8 Å². The molecular weight excluding hydrogens is 362 g/mol. The fourth-order valence-corrected chi connectivity index (χ4v) is 2.52. The smallest absolute Gasteiger partial charge is 0.308 e. The van der Waals surface area contributed by atoms with Gasteiger partial charge in [0.1, 0.15) is 11.5 Å². The molecule has 0 aliphatic carbocycles. The Kier molecular flexibility index (Phi) is 5.95. The number of rotatable bonds is 7. The zero-order valence-corrected chi connectivity index (χ0v) is 15.5. The molecule has 1 N–H and O–H groups in total. The van der Waals surface area contributed by atoms with Gasteiger partial charge >= 0.3 is 5.97 Å². The Bertz CT molecular complexity index is 968. The lowest BCUT2D eigenvalue weighted by Gasteiger charge is -2.10. The lowest BCUT2D eigenvalue weighted by molar-refractivity contribution is -0.131. The first-order chi connectivity index (χ1) is 13.6. The summed E-state index contributed by atoms with van der Waals surface area (Å²) in [6, 6.07) is 13.8. The summed E-state index contributed by atoms with van der Waals surface area (Å²) in [6.07, 6.45) is 0. The van der Waals surface area contributed by atoms with E-state index in [0.717, 1.165) is 11.4 Å². The van der Waals surface area contributed by atoms with Crippen LogP contribution in [0, 0.1) is 0 Å². The van der Waals surface area contributed by atoms with Gasteiger partial charge in [-0.2, -0.15) is 4.68 Å². The van der Waals surface area contributed by atoms with Crippen LogP contribution in [0.4, 0.5) is 0 Å². The van der Waals surface area contributed by atoms with Gasteiger partial charge in [-0.3, -0.25) is 9.59 Å². The molecular formula is C19H19N5O4. The first kappa shape index (κ1) is 19.0. The summed E-state index contributed by atoms with van der Waals surface area (Å²) in [4.78, 5) is 23.7. The Balaban J connectivity index is 1.72. The average Bonchev–Trinajstić information content (AvgIpc) is 3.15. The van der Waals surface area contributed by atoms with Crippen LogP contribution in [0.15, 0.2) is 48.5 Å². The second-order valence-corrected chi connectivity index (χ2v) is 5.71. The highest BCUT2D eigenvalue weighted by Crippen LogP contribution is 2.18. The minimum Gasteiger partial charge on any atom is -0.494 e. The van der Waals surface area contributed by atoms with E-state index in [1.54, 1.807) is 24.3 Å². The van der Waals surface area contributed by atoms with Crippen molar-refractivity contribution in [3.05, 3.63) is 59.9 Å². The molecule has 28 heavy (non-hydrogen) atoms. The summed E-state index contributed by atoms with van der Waals surface area (Å²) in [5.41, 5.74) is 0.982. The van der Waals surface area contributed by atoms with Gasteiger partial charge in [0.15, 0.2) is 5.82 Å². The highest BCUT2D eigenvalue weighted by Gasteiger charge is 2.15. The van der Waals surface area contributed by atoms with E-state index in [0.29, 0.717) is 12.4 Å². The van der Waals surface area contributed by atoms with Crippen LogP contribution in [0.2, 0.25) is 0 Å². The van der Waals surface area contributed by atoms with Crippen LogP contribution in [-0.2, 0) is 11.3 Å². The van der Waals surface area contributed by atoms with Crippen LogP contribution in [0.5, 0.6) is 11.5 Å². The first-order valence-electron chi connectivity index (χ1n) is 8.64. The Morgan fingerprint density at radius 3 is 2.57 bits per heavy atom. The van der Waals surface area contributed by atoms with E-state index in [9.17, 15) is 9.59 Å². The summed E-state index contributed by atoms with van der Waals surface area (Å²) in [5.74, 6) is 0.482. The number of nitrogens with zero attached hydrogens (tertiary/aromatic N) is 4. The molecule has 0 saturated heterocycles. The predicted octanol–water partition coefficient (Wildman–Crippen LogP) is 1.92. The molecule has 0 bridgehead atoms. The van der Waals surface area contributed by atoms with Gasteiger partial charge in [0.05, 0.1) is 24.4 Å². The Morgan fingerprint density at radius 1 is 1.11 bits per heavy atom. The summed E-state index contributed by atoms with van der Waals surface area (Å²) in [7, 11) is 0. The SMILES string of the molecule is CCOc1ccc(-n2nnnc2CNC(=O)c2ccccc2OC(C)=O)cc1. The molecule has 1 amide bonds. The molecule has 0 aliphatic rings. The average molecular weight is 381 g/mol. The van der Waals surface area contributed by atoms with E-state index in [1.807, 2.05) is 31.2 Å². The second-order valence-electron chi connectivity index (χ2n) is 5.71. The number of aromatic nitrogens is 4. The number of nitrogens with one attached hydrogen (secondary N) is 1. The van der Waals surface area contributed by atoms with Crippen molar-refractivity contribution in [3.63, 3.8) is 0 Å². The maximum atomic E-state index is 12.5. The van der Waals surface area contributed by atoms with Gasteiger partial charge in [-0.05, 0) is 53.7 Å². The van der Waals surface area contributed by atoms with Gasteiger partial charge in [0, 0.05) is 6.92 Å². The van der Waals surface area contributed by atoms with Gasteiger partial charge in [-0.25, -0.2) is 0 Å². The van der Waals surface area contributed by atoms with Crippen molar-refractivity contribution in [1.29, 1.82) is 0 Å². The molecule has 3 rings (SSSR count). The second kappa shape index (κ2) is 8.76. The molecule has 0 radical (unpaired) electrons. The number of tetrazole rings is 1. The van der Waals surface area contributed by atoms with Crippen LogP contribution in [0.25, 0.3) is 5.69 Å². The molecule has 1 aromatic heterocycles. The number of hydrogen-bond acceptors (Lipinski definition) is 7. The molecule has 0 aliphatic heterocycles. The van der Waals surface area contributed by atoms with Crippen LogP contribution >= 0.6 is 0 Å². The topological polar surface area (TPSA) is 108 Å². The monoisotopic (exact) mass is 381 g/mol. The maximum absolute atomic E-state index is 12.5. The van der Waals surface area contributed by atoms with E-state index < -0.39 is 11.9 Å². The molecule has 0 saturated carbocycles. The summed E-state index contributed by atoms with van der Waals surface area (Å²) < 4.78 is 12.0. The molecule has 0 unspecified atom stereocenters. The molecule has 1 heterocycles. The number of esters is 1. The van der Waals surface area contributed by atoms with Crippen LogP contribution < -0.4 is 14.8 Å². The summed E-state index contributed by atoms with van der Waals surface area (Å²) >= 11 is 0. The zero-order chi connectivity index (χ0) is 19.9. The lowest BCUT2D eigenvalue weighted by atomic mass is 10.2. The van der Waals surface area contributed by atoms with Crippen molar-refractivity contribution >= 4 is 11.9 Å². The van der Waals surface area contributed by atoms with Gasteiger partial charge in [0.25, 0.3) is 5.91 Å². The first-order valence-corrected chi connectivity index (χ1v) is 8.64. The number of carbonyl (C=O) groups excluding carboxylic acids is 2. The van der Waals surface area contributed by atoms with Crippen LogP contribution in [0.1, 0.15) is 30.0 Å². The standard InChI is InChI=1S/C19H19N5O4/c1-3-27-15-10-8-14(9-11-15)24-18(21-22-23-24)12-20-19(26)16-6-4-5-7-17(16)28-13(2)25/h4-11H,3,12H2,1-2H3,(H,20,26). The van der Waals surface area contributed by atoms with E-state index in [4.69, 9.17) is 9.47 Å². The minimum atomic E-state index is -0.500. The van der Waals surface area contributed by atoms with E-state index in [-0.39, 0.29) is 17.9 Å². The number of hydrogen-bond donors (Lipinski definition) is 1. The summed E-state index contributed by atoms with van der Waals surface area (Å²) in [6.45, 7) is 3.86. The van der Waals surface area contributed by atoms with E-state index in [1.165, 1.54) is 11.6 Å². The summed E-state index contributed by atoms with van der Waals surface area (Å²) in [5, 5.41) is 14.3. The number of para-hydroxylation sites is 1. The maximum Gasteiger partial charge on any atom is 0.308 e. The third kappa shape index (κ3) is 4.50. The number of ether oxygens (including phenoxy) is 2. The van der Waals surface area contributed by atoms with Gasteiger partial charge in [-0.1, -0.05) is 12.1 Å². The van der Waals surface area contributed by atoms with Crippen molar-refractivity contribution in [1.82, 2.24) is 25.5 Å². The van der Waals surface area contributed by atoms with Crippen LogP contribution in [0.3, 0.4) is 0 Å². The Labute approximate surface area is 161 Å². The highest BCUT2D eigenvalue weighted by molar-refractivity contribution is 5.97. The molecule has 0 atom stereocenters. The largest absolute Gasteiger partial charge is 0.494 e. The Hall–Kier alpha value is -3.75. The van der Waals surface area contributed by atoms with Crippen molar-refractivity contribution in [2.24, 2.45) is 0 Å². The van der Waals surface area contributed by atoms with Crippen molar-refractivity contribution < 1.29 is 19.1 Å². The quantitative estimate of drug-likeness (QED) is 0.492. The number of amides is 1. The predicted molar refractivity (Wildman–Crippen MR) is 99.2 cm³/mol. The molecule has 0 fully saturated rings. The molecule has 9 nitrogen and oxygen atoms in total. The van der Waals surface area contributed by atoms with Gasteiger partial charge < -0.3 is 14.8 Å². The van der Waals surface area contributed by atoms with Gasteiger partial charge in [-0.15, -0.1) is 5.10 Å². The fourth-order valence-electron chi connectivity index (χ4n) is 2.52. The highest BCUT2D eigenvalue weighted by atomic mass is 16.5. The number of benzene rings is 2. The normalized spacial score (nSPS) is 10.4. The lowest BCUT2D eigenvalue weighted by Crippen LogP contribution is -2.25. The van der Waals surface area contributed by atoms with E-state index >= 15 is 0 Å². The molecule has 144 valence electrons. The third-order valence-corrected chi connectivity index (χ3v) is 3.72. The molecule has 3 aromatic rings. The van der Waals surface area contributed by atoms with Crippen molar-refractivity contribution in [3.8, 4) is 17.2 Å². The Morgan fingerprint density at radius 2 is 1.86 bits per heavy atom. The number of carbonyl (C=O) groups is 2. The fraction of sp³-hybridized carbons (Fsp3) is 0.211. The van der Waals surface area contributed by atoms with Crippen molar-refractivity contribution in [2.75, 3.05) is 6.61 Å². The molecule has 0 spiro atoms. The molecule has 9 heteroatoms.